The van der Waals surface area contributed by atoms with Gasteiger partial charge in [0, 0.05) is 38.7 Å². The number of aromatic nitrogens is 1. The van der Waals surface area contributed by atoms with E-state index in [1.54, 1.807) is 0 Å². The van der Waals surface area contributed by atoms with Crippen LogP contribution in [0.1, 0.15) is 0 Å². The Morgan fingerprint density at radius 2 is 0.765 bits per heavy atom. The molecule has 0 fully saturated rings. The van der Waals surface area contributed by atoms with Crippen molar-refractivity contribution >= 4 is 21.8 Å². The van der Waals surface area contributed by atoms with Crippen LogP contribution in [0.5, 0.6) is 23.0 Å². The Hall–Kier alpha value is -6.84. The summed E-state index contributed by atoms with van der Waals surface area (Å²) in [4.78, 5) is 0. The third-order valence-corrected chi connectivity index (χ3v) is 9.88. The number of rotatable bonds is 3. The largest absolute Gasteiger partial charge is 0.456 e. The fraction of sp³-hybridized carbons (Fsp3) is 0. The fourth-order valence-corrected chi connectivity index (χ4v) is 7.45. The van der Waals surface area contributed by atoms with E-state index >= 15 is 0 Å². The van der Waals surface area contributed by atoms with Crippen LogP contribution in [0.25, 0.3) is 72.0 Å². The minimum Gasteiger partial charge on any atom is -0.456 e. The van der Waals surface area contributed by atoms with Gasteiger partial charge in [-0.3, -0.25) is 0 Å². The highest BCUT2D eigenvalue weighted by atomic mass is 16.5. The van der Waals surface area contributed by atoms with Crippen LogP contribution < -0.4 is 9.47 Å². The van der Waals surface area contributed by atoms with Crippen LogP contribution in [0.4, 0.5) is 0 Å². The third-order valence-electron chi connectivity index (χ3n) is 9.88. The first kappa shape index (κ1) is 29.1. The van der Waals surface area contributed by atoms with E-state index in [9.17, 15) is 0 Å². The molecule has 3 nitrogen and oxygen atoms in total. The van der Waals surface area contributed by atoms with Crippen LogP contribution in [0.15, 0.2) is 188 Å². The zero-order chi connectivity index (χ0) is 33.7. The zero-order valence-electron chi connectivity index (χ0n) is 27.7. The summed E-state index contributed by atoms with van der Waals surface area (Å²) < 4.78 is 16.1. The average Bonchev–Trinajstić information content (AvgIpc) is 3.53. The van der Waals surface area contributed by atoms with E-state index in [0.717, 1.165) is 73.2 Å². The van der Waals surface area contributed by atoms with E-state index in [1.165, 1.54) is 21.8 Å². The lowest BCUT2D eigenvalue weighted by Gasteiger charge is -2.22. The molecule has 0 saturated carbocycles. The van der Waals surface area contributed by atoms with Gasteiger partial charge in [-0.15, -0.1) is 0 Å². The lowest BCUT2D eigenvalue weighted by atomic mass is 9.95. The first-order valence-electron chi connectivity index (χ1n) is 17.3. The van der Waals surface area contributed by atoms with Crippen molar-refractivity contribution in [2.24, 2.45) is 0 Å². The minimum absolute atomic E-state index is 0.768. The van der Waals surface area contributed by atoms with Crippen molar-refractivity contribution in [3.8, 4) is 73.2 Å². The maximum absolute atomic E-state index is 6.93. The molecule has 0 unspecified atom stereocenters. The summed E-state index contributed by atoms with van der Waals surface area (Å²) >= 11 is 0. The van der Waals surface area contributed by atoms with Crippen LogP contribution in [-0.4, -0.2) is 4.57 Å². The molecular weight excluding hydrogens is 623 g/mol. The summed E-state index contributed by atoms with van der Waals surface area (Å²) in [5.41, 5.74) is 11.9. The maximum atomic E-state index is 6.93. The molecule has 9 aromatic rings. The van der Waals surface area contributed by atoms with Gasteiger partial charge >= 0.3 is 0 Å². The van der Waals surface area contributed by atoms with Gasteiger partial charge in [-0.1, -0.05) is 121 Å². The molecule has 0 radical (unpaired) electrons. The number of benzene rings is 8. The van der Waals surface area contributed by atoms with Crippen molar-refractivity contribution in [3.05, 3.63) is 188 Å². The predicted molar refractivity (Wildman–Crippen MR) is 209 cm³/mol. The Morgan fingerprint density at radius 1 is 0.294 bits per heavy atom. The van der Waals surface area contributed by atoms with E-state index in [-0.39, 0.29) is 0 Å². The van der Waals surface area contributed by atoms with Gasteiger partial charge in [-0.2, -0.15) is 0 Å². The number of ether oxygens (including phenoxy) is 2. The Balaban J connectivity index is 1.15. The number of fused-ring (bicyclic) bond motifs is 9. The second kappa shape index (κ2) is 11.9. The van der Waals surface area contributed by atoms with Crippen molar-refractivity contribution in [1.29, 1.82) is 0 Å². The first-order valence-corrected chi connectivity index (χ1v) is 17.3. The predicted octanol–water partition coefficient (Wildman–Crippen LogP) is 13.3. The molecule has 0 aliphatic carbocycles. The van der Waals surface area contributed by atoms with Crippen molar-refractivity contribution in [2.45, 2.75) is 0 Å². The van der Waals surface area contributed by atoms with E-state index in [4.69, 9.17) is 9.47 Å². The quantitative estimate of drug-likeness (QED) is 0.189. The lowest BCUT2D eigenvalue weighted by molar-refractivity contribution is 0.472. The molecule has 2 heterocycles. The Bertz CT molecular complexity index is 2740. The summed E-state index contributed by atoms with van der Waals surface area (Å²) in [6, 6.07) is 65.8. The Kier molecular flexibility index (Phi) is 6.81. The van der Waals surface area contributed by atoms with Crippen LogP contribution in [0.3, 0.4) is 0 Å². The van der Waals surface area contributed by atoms with Crippen LogP contribution in [0, 0.1) is 0 Å². The van der Waals surface area contributed by atoms with Gasteiger partial charge < -0.3 is 14.0 Å². The van der Waals surface area contributed by atoms with Gasteiger partial charge in [0.15, 0.2) is 0 Å². The SMILES string of the molecule is c1ccc(-c2ccc3c(c2)-c2ccccc2Oc2ccccc2-c2cc(-c4ccc5c(c4)c4ccccc4n5-c4ccccc4)ccc2O3)cc1. The molecule has 1 aliphatic heterocycles. The normalized spacial score (nSPS) is 11.8. The molecule has 51 heavy (non-hydrogen) atoms. The molecule has 1 aromatic heterocycles. The standard InChI is InChI=1S/C48H31NO2/c1-3-13-32(14-4-1)33-24-27-47-41(30-33)38-18-8-11-21-45(38)50-46-22-12-9-19-39(46)42-31-35(25-28-48(42)51-47)34-23-26-44-40(29-34)37-17-7-10-20-43(37)49(44)36-15-5-2-6-16-36/h1-31H. The fourth-order valence-electron chi connectivity index (χ4n) is 7.45. The molecule has 3 heteroatoms. The van der Waals surface area contributed by atoms with Crippen LogP contribution >= 0.6 is 0 Å². The van der Waals surface area contributed by atoms with E-state index in [0.29, 0.717) is 0 Å². The van der Waals surface area contributed by atoms with Gasteiger partial charge in [-0.25, -0.2) is 0 Å². The van der Waals surface area contributed by atoms with Gasteiger partial charge in [0.1, 0.15) is 23.0 Å². The Labute approximate surface area is 296 Å². The maximum Gasteiger partial charge on any atom is 0.135 e. The van der Waals surface area contributed by atoms with Crippen molar-refractivity contribution in [3.63, 3.8) is 0 Å². The number of hydrogen-bond donors (Lipinski definition) is 0. The number of para-hydroxylation sites is 4. The molecule has 1 aliphatic rings. The number of hydrogen-bond acceptors (Lipinski definition) is 2. The lowest BCUT2D eigenvalue weighted by Crippen LogP contribution is -1.98. The average molecular weight is 654 g/mol. The molecule has 0 bridgehead atoms. The molecule has 0 N–H and O–H groups in total. The molecular formula is C48H31NO2. The molecule has 0 spiro atoms. The monoisotopic (exact) mass is 653 g/mol. The highest BCUT2D eigenvalue weighted by Gasteiger charge is 2.22. The smallest absolute Gasteiger partial charge is 0.135 e. The molecule has 240 valence electrons. The third kappa shape index (κ3) is 4.98. The zero-order valence-corrected chi connectivity index (χ0v) is 27.7. The molecule has 0 atom stereocenters. The van der Waals surface area contributed by atoms with Crippen molar-refractivity contribution in [2.75, 3.05) is 0 Å². The highest BCUT2D eigenvalue weighted by molar-refractivity contribution is 6.10. The van der Waals surface area contributed by atoms with E-state index in [1.807, 2.05) is 36.4 Å². The van der Waals surface area contributed by atoms with E-state index in [2.05, 4.69) is 156 Å². The summed E-state index contributed by atoms with van der Waals surface area (Å²) in [7, 11) is 0. The topological polar surface area (TPSA) is 23.4 Å². The molecule has 10 rings (SSSR count). The van der Waals surface area contributed by atoms with E-state index < -0.39 is 0 Å². The number of nitrogens with zero attached hydrogens (tertiary/aromatic N) is 1. The first-order chi connectivity index (χ1) is 25.3. The van der Waals surface area contributed by atoms with Crippen LogP contribution in [-0.2, 0) is 0 Å². The summed E-state index contributed by atoms with van der Waals surface area (Å²) in [6.45, 7) is 0. The second-order valence-corrected chi connectivity index (χ2v) is 12.9. The van der Waals surface area contributed by atoms with Gasteiger partial charge in [0.25, 0.3) is 0 Å². The molecule has 0 amide bonds. The molecule has 0 saturated heterocycles. The second-order valence-electron chi connectivity index (χ2n) is 12.9. The summed E-state index contributed by atoms with van der Waals surface area (Å²) in [5.74, 6) is 3.09. The summed E-state index contributed by atoms with van der Waals surface area (Å²) in [6.07, 6.45) is 0. The minimum atomic E-state index is 0.768. The van der Waals surface area contributed by atoms with Gasteiger partial charge in [-0.05, 0) is 89.0 Å². The highest BCUT2D eigenvalue weighted by Crippen LogP contribution is 2.48. The van der Waals surface area contributed by atoms with Gasteiger partial charge in [0.05, 0.1) is 11.0 Å². The summed E-state index contributed by atoms with van der Waals surface area (Å²) in [5, 5.41) is 2.44. The van der Waals surface area contributed by atoms with Gasteiger partial charge in [0.2, 0.25) is 0 Å². The Morgan fingerprint density at radius 3 is 1.43 bits per heavy atom. The van der Waals surface area contributed by atoms with Crippen molar-refractivity contribution < 1.29 is 9.47 Å². The molecule has 8 aromatic carbocycles. The van der Waals surface area contributed by atoms with Crippen molar-refractivity contribution in [1.82, 2.24) is 4.57 Å². The van der Waals surface area contributed by atoms with Crippen LogP contribution in [0.2, 0.25) is 0 Å².